The Hall–Kier alpha value is -2.58. The molecule has 0 spiro atoms. The van der Waals surface area contributed by atoms with Crippen LogP contribution >= 0.6 is 11.3 Å². The number of nitriles is 1. The van der Waals surface area contributed by atoms with Crippen LogP contribution in [0.15, 0.2) is 36.5 Å². The summed E-state index contributed by atoms with van der Waals surface area (Å²) >= 11 is 1.59. The van der Waals surface area contributed by atoms with Gasteiger partial charge < -0.3 is 9.88 Å². The molecule has 5 heteroatoms. The number of hydrogen-bond acceptors (Lipinski definition) is 3. The number of hydrogen-bond donors (Lipinski definition) is 1. The maximum absolute atomic E-state index is 12.7. The van der Waals surface area contributed by atoms with Gasteiger partial charge in [0.2, 0.25) is 5.91 Å². The van der Waals surface area contributed by atoms with Crippen LogP contribution in [0.2, 0.25) is 0 Å². The second-order valence-corrected chi connectivity index (χ2v) is 9.78. The van der Waals surface area contributed by atoms with E-state index < -0.39 is 0 Å². The summed E-state index contributed by atoms with van der Waals surface area (Å²) in [6, 6.07) is 12.4. The highest BCUT2D eigenvalue weighted by Crippen LogP contribution is 2.44. The summed E-state index contributed by atoms with van der Waals surface area (Å²) in [7, 11) is 0. The van der Waals surface area contributed by atoms with Gasteiger partial charge in [-0.25, -0.2) is 0 Å². The maximum atomic E-state index is 12.7. The van der Waals surface area contributed by atoms with Gasteiger partial charge in [0.25, 0.3) is 0 Å². The summed E-state index contributed by atoms with van der Waals surface area (Å²) in [4.78, 5) is 14.0. The summed E-state index contributed by atoms with van der Waals surface area (Å²) in [5.74, 6) is 0.517. The van der Waals surface area contributed by atoms with Gasteiger partial charge in [0.15, 0.2) is 0 Å². The van der Waals surface area contributed by atoms with Crippen molar-refractivity contribution in [2.45, 2.75) is 46.6 Å². The van der Waals surface area contributed by atoms with Crippen molar-refractivity contribution in [1.82, 2.24) is 4.57 Å². The van der Waals surface area contributed by atoms with E-state index in [0.29, 0.717) is 16.5 Å². The highest BCUT2D eigenvalue weighted by Gasteiger charge is 2.32. The molecule has 1 N–H and O–H groups in total. The Labute approximate surface area is 169 Å². The van der Waals surface area contributed by atoms with Crippen LogP contribution in [-0.2, 0) is 24.2 Å². The number of fused-ring (bicyclic) bond motifs is 2. The van der Waals surface area contributed by atoms with Crippen LogP contribution in [0.5, 0.6) is 0 Å². The molecular formula is C23H25N3OS. The smallest absolute Gasteiger partial charge is 0.244 e. The topological polar surface area (TPSA) is 57.8 Å². The van der Waals surface area contributed by atoms with Gasteiger partial charge in [-0.2, -0.15) is 5.26 Å². The molecule has 0 fully saturated rings. The first-order valence-electron chi connectivity index (χ1n) is 9.75. The fourth-order valence-electron chi connectivity index (χ4n) is 4.13. The van der Waals surface area contributed by atoms with E-state index in [2.05, 4.69) is 32.2 Å². The van der Waals surface area contributed by atoms with Crippen LogP contribution in [0.1, 0.15) is 43.2 Å². The molecule has 0 saturated heterocycles. The lowest BCUT2D eigenvalue weighted by Crippen LogP contribution is -2.26. The Bertz CT molecular complexity index is 1080. The molecule has 1 aromatic carbocycles. The number of para-hydroxylation sites is 1. The first-order valence-corrected chi connectivity index (χ1v) is 10.6. The van der Waals surface area contributed by atoms with Crippen LogP contribution in [-0.4, -0.2) is 10.5 Å². The summed E-state index contributed by atoms with van der Waals surface area (Å²) < 4.78 is 1.94. The number of anilines is 1. The molecule has 2 aromatic heterocycles. The van der Waals surface area contributed by atoms with Gasteiger partial charge in [-0.05, 0) is 53.7 Å². The van der Waals surface area contributed by atoms with Crippen molar-refractivity contribution in [3.05, 3.63) is 52.5 Å². The van der Waals surface area contributed by atoms with Gasteiger partial charge in [0.05, 0.1) is 5.56 Å². The van der Waals surface area contributed by atoms with Crippen molar-refractivity contribution in [2.75, 3.05) is 5.32 Å². The number of benzene rings is 1. The third kappa shape index (κ3) is 3.45. The van der Waals surface area contributed by atoms with E-state index in [4.69, 9.17) is 0 Å². The molecule has 0 saturated carbocycles. The van der Waals surface area contributed by atoms with Crippen LogP contribution in [0.25, 0.3) is 10.9 Å². The Morgan fingerprint density at radius 2 is 2.11 bits per heavy atom. The zero-order chi connectivity index (χ0) is 19.9. The van der Waals surface area contributed by atoms with Gasteiger partial charge in [0.1, 0.15) is 17.6 Å². The largest absolute Gasteiger partial charge is 0.338 e. The summed E-state index contributed by atoms with van der Waals surface area (Å²) in [6.07, 6.45) is 4.96. The van der Waals surface area contributed by atoms with Gasteiger partial charge in [-0.15, -0.1) is 11.3 Å². The van der Waals surface area contributed by atoms with E-state index in [1.54, 1.807) is 11.3 Å². The molecule has 1 atom stereocenters. The normalized spacial score (nSPS) is 16.6. The highest BCUT2D eigenvalue weighted by molar-refractivity contribution is 7.16. The van der Waals surface area contributed by atoms with Crippen LogP contribution in [0, 0.1) is 22.7 Å². The van der Waals surface area contributed by atoms with E-state index in [1.165, 1.54) is 4.88 Å². The standard InChI is InChI=1S/C23H25N3OS/c1-23(2,3)16-8-9-17-18(13-24)22(28-20(17)12-16)25-21(27)14-26-11-10-15-6-4-5-7-19(15)26/h4-7,10-11,16H,8-9,12,14H2,1-3H3,(H,25,27)/t16-/m1/s1. The molecule has 0 bridgehead atoms. The number of nitrogens with zero attached hydrogens (tertiary/aromatic N) is 2. The van der Waals surface area contributed by atoms with Crippen molar-refractivity contribution in [3.63, 3.8) is 0 Å². The monoisotopic (exact) mass is 391 g/mol. The lowest BCUT2D eigenvalue weighted by molar-refractivity contribution is -0.116. The Morgan fingerprint density at radius 1 is 1.32 bits per heavy atom. The predicted octanol–water partition coefficient (Wildman–Crippen LogP) is 5.36. The van der Waals surface area contributed by atoms with Crippen LogP contribution in [0.4, 0.5) is 5.00 Å². The third-order valence-electron chi connectivity index (χ3n) is 5.85. The molecule has 1 amide bonds. The van der Waals surface area contributed by atoms with Crippen molar-refractivity contribution in [3.8, 4) is 6.07 Å². The zero-order valence-corrected chi connectivity index (χ0v) is 17.4. The van der Waals surface area contributed by atoms with Crippen molar-refractivity contribution < 1.29 is 4.79 Å². The summed E-state index contributed by atoms with van der Waals surface area (Å²) in [5, 5.41) is 14.5. The fourth-order valence-corrected chi connectivity index (χ4v) is 5.42. The third-order valence-corrected chi connectivity index (χ3v) is 7.02. The van der Waals surface area contributed by atoms with E-state index in [9.17, 15) is 10.1 Å². The van der Waals surface area contributed by atoms with E-state index >= 15 is 0 Å². The second kappa shape index (κ2) is 7.10. The molecule has 4 rings (SSSR count). The Morgan fingerprint density at radius 3 is 2.86 bits per heavy atom. The second-order valence-electron chi connectivity index (χ2n) is 8.68. The maximum Gasteiger partial charge on any atom is 0.244 e. The minimum atomic E-state index is -0.0937. The highest BCUT2D eigenvalue weighted by atomic mass is 32.1. The number of nitrogens with one attached hydrogen (secondary N) is 1. The number of aromatic nitrogens is 1. The molecule has 144 valence electrons. The molecule has 0 aliphatic heterocycles. The number of carbonyl (C=O) groups is 1. The average molecular weight is 392 g/mol. The van der Waals surface area contributed by atoms with E-state index in [0.717, 1.165) is 35.7 Å². The number of rotatable bonds is 3. The lowest BCUT2D eigenvalue weighted by Gasteiger charge is -2.33. The fraction of sp³-hybridized carbons (Fsp3) is 0.391. The van der Waals surface area contributed by atoms with Gasteiger partial charge in [-0.1, -0.05) is 39.0 Å². The predicted molar refractivity (Wildman–Crippen MR) is 115 cm³/mol. The molecule has 3 aromatic rings. The van der Waals surface area contributed by atoms with E-state index in [1.807, 2.05) is 41.1 Å². The summed E-state index contributed by atoms with van der Waals surface area (Å²) in [5.41, 5.74) is 3.11. The average Bonchev–Trinajstić information content (AvgIpc) is 3.21. The molecular weight excluding hydrogens is 366 g/mol. The van der Waals surface area contributed by atoms with Gasteiger partial charge in [-0.3, -0.25) is 4.79 Å². The van der Waals surface area contributed by atoms with E-state index in [-0.39, 0.29) is 17.9 Å². The van der Waals surface area contributed by atoms with Gasteiger partial charge >= 0.3 is 0 Å². The zero-order valence-electron chi connectivity index (χ0n) is 16.6. The molecule has 1 aliphatic rings. The SMILES string of the molecule is CC(C)(C)[C@@H]1CCc2c(sc(NC(=O)Cn3ccc4ccccc43)c2C#N)C1. The first kappa shape index (κ1) is 18.8. The van der Waals surface area contributed by atoms with Crippen molar-refractivity contribution in [2.24, 2.45) is 11.3 Å². The first-order chi connectivity index (χ1) is 13.4. The minimum Gasteiger partial charge on any atom is -0.338 e. The van der Waals surface area contributed by atoms with Gasteiger partial charge in [0, 0.05) is 16.6 Å². The van der Waals surface area contributed by atoms with Crippen molar-refractivity contribution >= 4 is 33.1 Å². The quantitative estimate of drug-likeness (QED) is 0.653. The summed E-state index contributed by atoms with van der Waals surface area (Å²) in [6.45, 7) is 7.09. The lowest BCUT2D eigenvalue weighted by atomic mass is 9.72. The van der Waals surface area contributed by atoms with Crippen LogP contribution < -0.4 is 5.32 Å². The molecule has 0 radical (unpaired) electrons. The number of carbonyl (C=O) groups excluding carboxylic acids is 1. The molecule has 4 nitrogen and oxygen atoms in total. The molecule has 1 aliphatic carbocycles. The molecule has 0 unspecified atom stereocenters. The number of amides is 1. The molecule has 28 heavy (non-hydrogen) atoms. The van der Waals surface area contributed by atoms with Crippen molar-refractivity contribution in [1.29, 1.82) is 5.26 Å². The number of thiophene rings is 1. The molecule has 2 heterocycles. The van der Waals surface area contributed by atoms with Crippen LogP contribution in [0.3, 0.4) is 0 Å². The Kier molecular flexibility index (Phi) is 4.76. The minimum absolute atomic E-state index is 0.0937. The Balaban J connectivity index is 1.54.